The number of rotatable bonds is 5. The van der Waals surface area contributed by atoms with Crippen LogP contribution in [0.1, 0.15) is 31.2 Å². The summed E-state index contributed by atoms with van der Waals surface area (Å²) in [5.41, 5.74) is 3.38. The monoisotopic (exact) mass is 333 g/mol. The normalized spacial score (nSPS) is 11.1. The predicted molar refractivity (Wildman–Crippen MR) is 93.6 cm³/mol. The van der Waals surface area contributed by atoms with E-state index < -0.39 is 5.60 Å². The summed E-state index contributed by atoms with van der Waals surface area (Å²) < 4.78 is 5.39. The Kier molecular flexibility index (Phi) is 5.60. The average molecular weight is 333 g/mol. The largest absolute Gasteiger partial charge is 0.444 e. The maximum Gasteiger partial charge on any atom is 0.410 e. The van der Waals surface area contributed by atoms with Gasteiger partial charge in [0.25, 0.3) is 0 Å². The molecular formula is C17H23N3O2S. The highest BCUT2D eigenvalue weighted by Gasteiger charge is 2.20. The number of carbonyl (C=O) groups excluding carboxylic acids is 1. The number of nitrogens with one attached hydrogen (secondary N) is 1. The van der Waals surface area contributed by atoms with E-state index in [0.29, 0.717) is 6.54 Å². The van der Waals surface area contributed by atoms with Gasteiger partial charge in [0, 0.05) is 23.8 Å². The van der Waals surface area contributed by atoms with E-state index >= 15 is 0 Å². The number of thiazole rings is 1. The van der Waals surface area contributed by atoms with Crippen LogP contribution in [-0.4, -0.2) is 28.6 Å². The second-order valence-corrected chi connectivity index (χ2v) is 7.29. The average Bonchev–Trinajstić information content (AvgIpc) is 2.98. The van der Waals surface area contributed by atoms with Crippen molar-refractivity contribution in [1.82, 2.24) is 9.88 Å². The SMILES string of the molecule is CN(Cc1ccccc1NCc1cncs1)C(=O)OC(C)(C)C. The highest BCUT2D eigenvalue weighted by Crippen LogP contribution is 2.19. The molecule has 1 aromatic carbocycles. The molecule has 1 amide bonds. The molecule has 6 heteroatoms. The standard InChI is InChI=1S/C17H23N3O2S/c1-17(2,3)22-16(21)20(4)11-13-7-5-6-8-15(13)19-10-14-9-18-12-23-14/h5-9,12,19H,10-11H2,1-4H3. The Morgan fingerprint density at radius 2 is 2.09 bits per heavy atom. The number of nitrogens with zero attached hydrogens (tertiary/aromatic N) is 2. The van der Waals surface area contributed by atoms with Crippen molar-refractivity contribution < 1.29 is 9.53 Å². The molecule has 0 fully saturated rings. The lowest BCUT2D eigenvalue weighted by Crippen LogP contribution is -2.33. The minimum atomic E-state index is -0.491. The molecular weight excluding hydrogens is 310 g/mol. The third kappa shape index (κ3) is 5.56. The molecule has 2 rings (SSSR count). The first-order valence-corrected chi connectivity index (χ1v) is 8.36. The van der Waals surface area contributed by atoms with Gasteiger partial charge in [-0.25, -0.2) is 4.79 Å². The molecule has 0 aliphatic rings. The minimum Gasteiger partial charge on any atom is -0.444 e. The van der Waals surface area contributed by atoms with Gasteiger partial charge in [0.15, 0.2) is 0 Å². The van der Waals surface area contributed by atoms with Gasteiger partial charge in [0.2, 0.25) is 0 Å². The number of carbonyl (C=O) groups is 1. The van der Waals surface area contributed by atoms with Crippen molar-refractivity contribution in [3.05, 3.63) is 46.4 Å². The number of hydrogen-bond acceptors (Lipinski definition) is 5. The summed E-state index contributed by atoms with van der Waals surface area (Å²) in [7, 11) is 1.74. The smallest absolute Gasteiger partial charge is 0.410 e. The van der Waals surface area contributed by atoms with Crippen LogP contribution in [0.15, 0.2) is 36.0 Å². The van der Waals surface area contributed by atoms with Gasteiger partial charge in [-0.3, -0.25) is 4.98 Å². The first-order chi connectivity index (χ1) is 10.8. The van der Waals surface area contributed by atoms with Crippen molar-refractivity contribution in [2.24, 2.45) is 0 Å². The first kappa shape index (κ1) is 17.3. The number of hydrogen-bond donors (Lipinski definition) is 1. The number of amides is 1. The summed E-state index contributed by atoms with van der Waals surface area (Å²) in [6.45, 7) is 6.80. The highest BCUT2D eigenvalue weighted by atomic mass is 32.1. The molecule has 2 aromatic rings. The topological polar surface area (TPSA) is 54.5 Å². The fraction of sp³-hybridized carbons (Fsp3) is 0.412. The lowest BCUT2D eigenvalue weighted by atomic mass is 10.1. The molecule has 124 valence electrons. The first-order valence-electron chi connectivity index (χ1n) is 7.48. The maximum absolute atomic E-state index is 12.1. The van der Waals surface area contributed by atoms with Crippen LogP contribution in [0.5, 0.6) is 0 Å². The lowest BCUT2D eigenvalue weighted by Gasteiger charge is -2.25. The number of benzene rings is 1. The molecule has 0 radical (unpaired) electrons. The fourth-order valence-electron chi connectivity index (χ4n) is 2.00. The molecule has 0 aliphatic carbocycles. The van der Waals surface area contributed by atoms with Crippen LogP contribution < -0.4 is 5.32 Å². The summed E-state index contributed by atoms with van der Waals surface area (Å²) in [5.74, 6) is 0. The molecule has 0 spiro atoms. The molecule has 0 aliphatic heterocycles. The van der Waals surface area contributed by atoms with E-state index in [1.165, 1.54) is 4.88 Å². The van der Waals surface area contributed by atoms with Crippen molar-refractivity contribution in [3.63, 3.8) is 0 Å². The second-order valence-electron chi connectivity index (χ2n) is 6.31. The van der Waals surface area contributed by atoms with Crippen molar-refractivity contribution in [3.8, 4) is 0 Å². The van der Waals surface area contributed by atoms with E-state index in [1.807, 2.05) is 56.7 Å². The summed E-state index contributed by atoms with van der Waals surface area (Å²) >= 11 is 1.62. The quantitative estimate of drug-likeness (QED) is 0.894. The van der Waals surface area contributed by atoms with Gasteiger partial charge in [-0.1, -0.05) is 18.2 Å². The van der Waals surface area contributed by atoms with E-state index in [-0.39, 0.29) is 6.09 Å². The predicted octanol–water partition coefficient (Wildman–Crippen LogP) is 4.12. The van der Waals surface area contributed by atoms with Crippen LogP contribution in [-0.2, 0) is 17.8 Å². The minimum absolute atomic E-state index is 0.324. The molecule has 1 aromatic heterocycles. The van der Waals surface area contributed by atoms with Crippen LogP contribution in [0.25, 0.3) is 0 Å². The zero-order chi connectivity index (χ0) is 16.9. The number of ether oxygens (including phenoxy) is 1. The number of aromatic nitrogens is 1. The lowest BCUT2D eigenvalue weighted by molar-refractivity contribution is 0.0285. The maximum atomic E-state index is 12.1. The Morgan fingerprint density at radius 1 is 1.35 bits per heavy atom. The van der Waals surface area contributed by atoms with Gasteiger partial charge >= 0.3 is 6.09 Å². The molecule has 5 nitrogen and oxygen atoms in total. The Labute approximate surface area is 141 Å². The summed E-state index contributed by atoms with van der Waals surface area (Å²) in [6.07, 6.45) is 1.53. The van der Waals surface area contributed by atoms with Gasteiger partial charge < -0.3 is 15.0 Å². The molecule has 23 heavy (non-hydrogen) atoms. The molecule has 1 heterocycles. The van der Waals surface area contributed by atoms with Gasteiger partial charge in [-0.2, -0.15) is 0 Å². The van der Waals surface area contributed by atoms with Crippen LogP contribution in [0.4, 0.5) is 10.5 Å². The van der Waals surface area contributed by atoms with E-state index in [4.69, 9.17) is 4.74 Å². The third-order valence-corrected chi connectivity index (χ3v) is 3.85. The number of anilines is 1. The van der Waals surface area contributed by atoms with Gasteiger partial charge in [-0.05, 0) is 32.4 Å². The molecule has 0 bridgehead atoms. The number of para-hydroxylation sites is 1. The van der Waals surface area contributed by atoms with Crippen LogP contribution in [0.3, 0.4) is 0 Å². The molecule has 0 saturated carbocycles. The molecule has 0 saturated heterocycles. The zero-order valence-corrected chi connectivity index (χ0v) is 14.8. The van der Waals surface area contributed by atoms with Gasteiger partial charge in [0.1, 0.15) is 5.60 Å². The summed E-state index contributed by atoms with van der Waals surface area (Å²) in [6, 6.07) is 7.97. The second kappa shape index (κ2) is 7.46. The van der Waals surface area contributed by atoms with Crippen LogP contribution in [0.2, 0.25) is 0 Å². The zero-order valence-electron chi connectivity index (χ0n) is 14.0. The van der Waals surface area contributed by atoms with Crippen molar-refractivity contribution in [2.45, 2.75) is 39.5 Å². The Morgan fingerprint density at radius 3 is 2.74 bits per heavy atom. The molecule has 0 atom stereocenters. The van der Waals surface area contributed by atoms with Crippen LogP contribution in [0, 0.1) is 0 Å². The van der Waals surface area contributed by atoms with Crippen LogP contribution >= 0.6 is 11.3 Å². The van der Waals surface area contributed by atoms with E-state index in [2.05, 4.69) is 10.3 Å². The Bertz CT molecular complexity index is 636. The van der Waals surface area contributed by atoms with E-state index in [1.54, 1.807) is 23.3 Å². The Hall–Kier alpha value is -2.08. The van der Waals surface area contributed by atoms with E-state index in [9.17, 15) is 4.79 Å². The Balaban J connectivity index is 2.00. The summed E-state index contributed by atoms with van der Waals surface area (Å²) in [5, 5.41) is 3.40. The highest BCUT2D eigenvalue weighted by molar-refractivity contribution is 7.09. The molecule has 0 unspecified atom stereocenters. The van der Waals surface area contributed by atoms with Crippen molar-refractivity contribution >= 4 is 23.1 Å². The fourth-order valence-corrected chi connectivity index (χ4v) is 2.54. The third-order valence-electron chi connectivity index (χ3n) is 3.07. The van der Waals surface area contributed by atoms with Crippen molar-refractivity contribution in [2.75, 3.05) is 12.4 Å². The molecule has 1 N–H and O–H groups in total. The van der Waals surface area contributed by atoms with Gasteiger partial charge in [0.05, 0.1) is 18.6 Å². The van der Waals surface area contributed by atoms with E-state index in [0.717, 1.165) is 17.8 Å². The summed E-state index contributed by atoms with van der Waals surface area (Å²) in [4.78, 5) is 18.9. The van der Waals surface area contributed by atoms with Gasteiger partial charge in [-0.15, -0.1) is 11.3 Å². The van der Waals surface area contributed by atoms with Crippen molar-refractivity contribution in [1.29, 1.82) is 0 Å².